The van der Waals surface area contributed by atoms with Crippen molar-refractivity contribution in [1.29, 1.82) is 0 Å². The third kappa shape index (κ3) is 2.78. The quantitative estimate of drug-likeness (QED) is 0.872. The monoisotopic (exact) mass is 233 g/mol. The van der Waals surface area contributed by atoms with Crippen molar-refractivity contribution in [1.82, 2.24) is 0 Å². The van der Waals surface area contributed by atoms with Gasteiger partial charge in [0.25, 0.3) is 0 Å². The zero-order chi connectivity index (χ0) is 12.3. The summed E-state index contributed by atoms with van der Waals surface area (Å²) in [5.74, 6) is 0.836. The summed E-state index contributed by atoms with van der Waals surface area (Å²) in [4.78, 5) is 14.0. The Morgan fingerprint density at radius 1 is 1.41 bits per heavy atom. The topological polar surface area (TPSA) is 40.5 Å². The molecule has 17 heavy (non-hydrogen) atoms. The Hall–Kier alpha value is -1.51. The number of phenols is 1. The molecule has 0 spiro atoms. The second kappa shape index (κ2) is 5.21. The van der Waals surface area contributed by atoms with Crippen LogP contribution in [0.15, 0.2) is 24.3 Å². The Morgan fingerprint density at radius 3 is 2.76 bits per heavy atom. The normalized spacial score (nSPS) is 20.3. The number of anilines is 1. The first-order valence-electron chi connectivity index (χ1n) is 6.27. The highest BCUT2D eigenvalue weighted by molar-refractivity contribution is 5.81. The fraction of sp³-hybridized carbons (Fsp3) is 0.500. The number of phenolic OH excluding ortho intramolecular Hbond substituents is 1. The SMILES string of the molecule is CCC(=O)C1CCCN(c2ccc(O)cc2)C1. The summed E-state index contributed by atoms with van der Waals surface area (Å²) in [6.07, 6.45) is 2.71. The lowest BCUT2D eigenvalue weighted by atomic mass is 9.92. The van der Waals surface area contributed by atoms with Crippen LogP contribution in [0.2, 0.25) is 0 Å². The lowest BCUT2D eigenvalue weighted by molar-refractivity contribution is -0.122. The molecule has 1 aliphatic rings. The van der Waals surface area contributed by atoms with Gasteiger partial charge < -0.3 is 10.0 Å². The summed E-state index contributed by atoms with van der Waals surface area (Å²) in [7, 11) is 0. The van der Waals surface area contributed by atoms with Crippen LogP contribution in [-0.4, -0.2) is 24.0 Å². The van der Waals surface area contributed by atoms with Gasteiger partial charge in [0.1, 0.15) is 11.5 Å². The number of carbonyl (C=O) groups excluding carboxylic acids is 1. The van der Waals surface area contributed by atoms with Gasteiger partial charge in [0.05, 0.1) is 0 Å². The molecule has 0 bridgehead atoms. The van der Waals surface area contributed by atoms with E-state index in [1.165, 1.54) is 0 Å². The Morgan fingerprint density at radius 2 is 2.12 bits per heavy atom. The molecule has 3 heteroatoms. The van der Waals surface area contributed by atoms with Crippen LogP contribution in [0.5, 0.6) is 5.75 Å². The number of ketones is 1. The summed E-state index contributed by atoms with van der Waals surface area (Å²) in [5.41, 5.74) is 1.09. The van der Waals surface area contributed by atoms with Gasteiger partial charge in [0.2, 0.25) is 0 Å². The van der Waals surface area contributed by atoms with Gasteiger partial charge in [-0.05, 0) is 37.1 Å². The zero-order valence-corrected chi connectivity index (χ0v) is 10.2. The van der Waals surface area contributed by atoms with Crippen LogP contribution in [-0.2, 0) is 4.79 Å². The molecule has 92 valence electrons. The third-order valence-electron chi connectivity index (χ3n) is 3.44. The Balaban J connectivity index is 2.06. The molecule has 0 amide bonds. The number of hydrogen-bond donors (Lipinski definition) is 1. The van der Waals surface area contributed by atoms with Crippen LogP contribution in [0.25, 0.3) is 0 Å². The molecule has 1 aromatic carbocycles. The minimum atomic E-state index is 0.183. The molecule has 0 saturated carbocycles. The number of benzene rings is 1. The van der Waals surface area contributed by atoms with Gasteiger partial charge in [0, 0.05) is 31.1 Å². The molecular formula is C14H19NO2. The number of piperidine rings is 1. The molecule has 0 aliphatic carbocycles. The highest BCUT2D eigenvalue weighted by Gasteiger charge is 2.24. The number of aromatic hydroxyl groups is 1. The number of rotatable bonds is 3. The van der Waals surface area contributed by atoms with E-state index in [0.29, 0.717) is 12.2 Å². The number of carbonyl (C=O) groups is 1. The van der Waals surface area contributed by atoms with Crippen LogP contribution in [0.4, 0.5) is 5.69 Å². The van der Waals surface area contributed by atoms with E-state index in [1.807, 2.05) is 19.1 Å². The first-order chi connectivity index (χ1) is 8.20. The van der Waals surface area contributed by atoms with Crippen molar-refractivity contribution in [2.75, 3.05) is 18.0 Å². The largest absolute Gasteiger partial charge is 0.508 e. The minimum Gasteiger partial charge on any atom is -0.508 e. The average molecular weight is 233 g/mol. The average Bonchev–Trinajstić information content (AvgIpc) is 2.39. The molecule has 0 aromatic heterocycles. The van der Waals surface area contributed by atoms with Crippen molar-refractivity contribution in [2.45, 2.75) is 26.2 Å². The second-order valence-electron chi connectivity index (χ2n) is 4.62. The highest BCUT2D eigenvalue weighted by atomic mass is 16.3. The fourth-order valence-electron chi connectivity index (χ4n) is 2.43. The predicted octanol–water partition coefficient (Wildman–Crippen LogP) is 2.59. The molecule has 1 fully saturated rings. The molecule has 1 aliphatic heterocycles. The molecule has 1 heterocycles. The lowest BCUT2D eigenvalue weighted by Gasteiger charge is -2.33. The number of Topliss-reactive ketones (excluding diaryl/α,β-unsaturated/α-hetero) is 1. The third-order valence-corrected chi connectivity index (χ3v) is 3.44. The van der Waals surface area contributed by atoms with Crippen molar-refractivity contribution in [3.05, 3.63) is 24.3 Å². The van der Waals surface area contributed by atoms with E-state index < -0.39 is 0 Å². The summed E-state index contributed by atoms with van der Waals surface area (Å²) in [6, 6.07) is 7.21. The molecular weight excluding hydrogens is 214 g/mol. The van der Waals surface area contributed by atoms with Gasteiger partial charge in [-0.1, -0.05) is 6.92 Å². The van der Waals surface area contributed by atoms with Crippen LogP contribution in [0.3, 0.4) is 0 Å². The molecule has 1 aromatic rings. The maximum atomic E-state index is 11.7. The van der Waals surface area contributed by atoms with E-state index in [0.717, 1.165) is 31.6 Å². The van der Waals surface area contributed by atoms with Crippen LogP contribution >= 0.6 is 0 Å². The maximum absolute atomic E-state index is 11.7. The predicted molar refractivity (Wildman–Crippen MR) is 68.3 cm³/mol. The zero-order valence-electron chi connectivity index (χ0n) is 10.2. The maximum Gasteiger partial charge on any atom is 0.137 e. The van der Waals surface area contributed by atoms with Crippen molar-refractivity contribution >= 4 is 11.5 Å². The van der Waals surface area contributed by atoms with Gasteiger partial charge in [-0.15, -0.1) is 0 Å². The number of nitrogens with zero attached hydrogens (tertiary/aromatic N) is 1. The van der Waals surface area contributed by atoms with E-state index in [4.69, 9.17) is 0 Å². The van der Waals surface area contributed by atoms with E-state index in [9.17, 15) is 9.90 Å². The molecule has 1 unspecified atom stereocenters. The second-order valence-corrected chi connectivity index (χ2v) is 4.62. The summed E-state index contributed by atoms with van der Waals surface area (Å²) in [6.45, 7) is 3.75. The standard InChI is InChI=1S/C14H19NO2/c1-2-14(17)11-4-3-9-15(10-11)12-5-7-13(16)8-6-12/h5-8,11,16H,2-4,9-10H2,1H3. The van der Waals surface area contributed by atoms with Gasteiger partial charge in [-0.25, -0.2) is 0 Å². The first kappa shape index (κ1) is 12.0. The fourth-order valence-corrected chi connectivity index (χ4v) is 2.43. The minimum absolute atomic E-state index is 0.183. The lowest BCUT2D eigenvalue weighted by Crippen LogP contribution is -2.38. The molecule has 2 rings (SSSR count). The first-order valence-corrected chi connectivity index (χ1v) is 6.27. The summed E-state index contributed by atoms with van der Waals surface area (Å²) in [5, 5.41) is 9.26. The van der Waals surface area contributed by atoms with E-state index in [1.54, 1.807) is 12.1 Å². The van der Waals surface area contributed by atoms with Gasteiger partial charge >= 0.3 is 0 Å². The summed E-state index contributed by atoms with van der Waals surface area (Å²) >= 11 is 0. The molecule has 0 radical (unpaired) electrons. The van der Waals surface area contributed by atoms with E-state index in [-0.39, 0.29) is 11.7 Å². The van der Waals surface area contributed by atoms with E-state index in [2.05, 4.69) is 4.90 Å². The Labute approximate surface area is 102 Å². The highest BCUT2D eigenvalue weighted by Crippen LogP contribution is 2.25. The Kier molecular flexibility index (Phi) is 3.67. The molecule has 1 atom stereocenters. The van der Waals surface area contributed by atoms with Gasteiger partial charge in [-0.2, -0.15) is 0 Å². The van der Waals surface area contributed by atoms with Crippen LogP contribution < -0.4 is 4.90 Å². The van der Waals surface area contributed by atoms with Crippen molar-refractivity contribution in [3.63, 3.8) is 0 Å². The summed E-state index contributed by atoms with van der Waals surface area (Å²) < 4.78 is 0. The molecule has 1 saturated heterocycles. The van der Waals surface area contributed by atoms with E-state index >= 15 is 0 Å². The van der Waals surface area contributed by atoms with Crippen LogP contribution in [0, 0.1) is 5.92 Å². The Bertz CT molecular complexity index is 386. The number of hydrogen-bond acceptors (Lipinski definition) is 3. The van der Waals surface area contributed by atoms with Crippen molar-refractivity contribution in [3.8, 4) is 5.75 Å². The van der Waals surface area contributed by atoms with Crippen molar-refractivity contribution in [2.24, 2.45) is 5.92 Å². The molecule has 1 N–H and O–H groups in total. The van der Waals surface area contributed by atoms with Crippen LogP contribution in [0.1, 0.15) is 26.2 Å². The van der Waals surface area contributed by atoms with Gasteiger partial charge in [0.15, 0.2) is 0 Å². The van der Waals surface area contributed by atoms with Crippen molar-refractivity contribution < 1.29 is 9.90 Å². The van der Waals surface area contributed by atoms with Gasteiger partial charge in [-0.3, -0.25) is 4.79 Å². The molecule has 3 nitrogen and oxygen atoms in total. The smallest absolute Gasteiger partial charge is 0.137 e.